The van der Waals surface area contributed by atoms with Crippen LogP contribution < -0.4 is 10.8 Å². The second-order valence-corrected chi connectivity index (χ2v) is 8.60. The SMILES string of the molecule is [B]c1ccc(Cn2ccc3c(C)c(NC(=O)CC(C)(C)C)c(C)cc32)cc1. The van der Waals surface area contributed by atoms with Crippen LogP contribution in [-0.4, -0.2) is 18.3 Å². The van der Waals surface area contributed by atoms with Crippen LogP contribution in [0.4, 0.5) is 5.69 Å². The van der Waals surface area contributed by atoms with Crippen molar-refractivity contribution in [1.29, 1.82) is 0 Å². The van der Waals surface area contributed by atoms with Crippen molar-refractivity contribution >= 4 is 35.8 Å². The van der Waals surface area contributed by atoms with Gasteiger partial charge in [0.1, 0.15) is 7.85 Å². The van der Waals surface area contributed by atoms with E-state index in [0.29, 0.717) is 6.42 Å². The summed E-state index contributed by atoms with van der Waals surface area (Å²) in [4.78, 5) is 12.4. The number of amides is 1. The molecule has 0 atom stereocenters. The Kier molecular flexibility index (Phi) is 5.19. The molecule has 3 nitrogen and oxygen atoms in total. The topological polar surface area (TPSA) is 34.0 Å². The highest BCUT2D eigenvalue weighted by Gasteiger charge is 2.18. The van der Waals surface area contributed by atoms with E-state index >= 15 is 0 Å². The second kappa shape index (κ2) is 7.26. The molecule has 2 aromatic carbocycles. The summed E-state index contributed by atoms with van der Waals surface area (Å²) < 4.78 is 2.24. The van der Waals surface area contributed by atoms with Crippen LogP contribution in [0.1, 0.15) is 43.9 Å². The Morgan fingerprint density at radius 1 is 1.11 bits per heavy atom. The molecular weight excluding hydrogens is 331 g/mol. The van der Waals surface area contributed by atoms with Gasteiger partial charge in [-0.2, -0.15) is 0 Å². The Hall–Kier alpha value is -2.49. The Morgan fingerprint density at radius 2 is 1.78 bits per heavy atom. The summed E-state index contributed by atoms with van der Waals surface area (Å²) in [5, 5.41) is 4.30. The van der Waals surface area contributed by atoms with Crippen LogP contribution in [-0.2, 0) is 11.3 Å². The Morgan fingerprint density at radius 3 is 2.41 bits per heavy atom. The van der Waals surface area contributed by atoms with Gasteiger partial charge in [-0.3, -0.25) is 4.79 Å². The Bertz CT molecular complexity index is 978. The summed E-state index contributed by atoms with van der Waals surface area (Å²) in [6, 6.07) is 12.3. The fraction of sp³-hybridized carbons (Fsp3) is 0.348. The number of rotatable bonds is 4. The number of nitrogens with one attached hydrogen (secondary N) is 1. The van der Waals surface area contributed by atoms with Gasteiger partial charge in [-0.25, -0.2) is 0 Å². The maximum absolute atomic E-state index is 12.4. The first-order valence-electron chi connectivity index (χ1n) is 9.37. The van der Waals surface area contributed by atoms with Crippen molar-refractivity contribution in [2.75, 3.05) is 5.32 Å². The predicted molar refractivity (Wildman–Crippen MR) is 115 cm³/mol. The van der Waals surface area contributed by atoms with Crippen molar-refractivity contribution in [2.45, 2.75) is 47.6 Å². The molecule has 0 aliphatic rings. The molecule has 1 amide bonds. The Balaban J connectivity index is 1.92. The van der Waals surface area contributed by atoms with E-state index in [1.54, 1.807) is 0 Å². The van der Waals surface area contributed by atoms with Gasteiger partial charge >= 0.3 is 0 Å². The van der Waals surface area contributed by atoms with Gasteiger partial charge in [0.2, 0.25) is 5.91 Å². The van der Waals surface area contributed by atoms with E-state index in [9.17, 15) is 4.79 Å². The van der Waals surface area contributed by atoms with Crippen LogP contribution in [0.25, 0.3) is 10.9 Å². The standard InChI is InChI=1S/C23H27BN2O/c1-15-12-20-19(16(2)22(15)25-21(27)13-23(3,4)5)10-11-26(20)14-17-6-8-18(24)9-7-17/h6-12H,13-14H2,1-5H3,(H,25,27). The molecule has 4 heteroatoms. The third-order valence-electron chi connectivity index (χ3n) is 4.82. The monoisotopic (exact) mass is 358 g/mol. The quantitative estimate of drug-likeness (QED) is 0.686. The zero-order chi connectivity index (χ0) is 19.8. The summed E-state index contributed by atoms with van der Waals surface area (Å²) in [6.45, 7) is 11.2. The minimum absolute atomic E-state index is 0.0294. The van der Waals surface area contributed by atoms with Crippen molar-refractivity contribution in [2.24, 2.45) is 5.41 Å². The molecule has 0 unspecified atom stereocenters. The van der Waals surface area contributed by atoms with Crippen LogP contribution in [0.2, 0.25) is 0 Å². The third kappa shape index (κ3) is 4.44. The molecule has 3 aromatic rings. The molecule has 1 N–H and O–H groups in total. The van der Waals surface area contributed by atoms with Crippen molar-refractivity contribution in [3.05, 3.63) is 59.3 Å². The number of hydrogen-bond donors (Lipinski definition) is 1. The van der Waals surface area contributed by atoms with Gasteiger partial charge in [-0.05, 0) is 48.1 Å². The average molecular weight is 358 g/mol. The molecule has 3 rings (SSSR count). The molecule has 0 spiro atoms. The summed E-state index contributed by atoms with van der Waals surface area (Å²) >= 11 is 0. The highest BCUT2D eigenvalue weighted by molar-refractivity contribution is 6.32. The van der Waals surface area contributed by atoms with Crippen LogP contribution in [0, 0.1) is 19.3 Å². The number of aryl methyl sites for hydroxylation is 2. The van der Waals surface area contributed by atoms with Gasteiger partial charge in [0.05, 0.1) is 0 Å². The van der Waals surface area contributed by atoms with Crippen LogP contribution in [0.15, 0.2) is 42.6 Å². The minimum atomic E-state index is -0.0294. The molecule has 27 heavy (non-hydrogen) atoms. The third-order valence-corrected chi connectivity index (χ3v) is 4.82. The predicted octanol–water partition coefficient (Wildman–Crippen LogP) is 4.47. The number of anilines is 1. The number of fused-ring (bicyclic) bond motifs is 1. The zero-order valence-electron chi connectivity index (χ0n) is 16.9. The first kappa shape index (κ1) is 19.3. The van der Waals surface area contributed by atoms with Crippen molar-refractivity contribution in [3.63, 3.8) is 0 Å². The molecule has 2 radical (unpaired) electrons. The van der Waals surface area contributed by atoms with Crippen molar-refractivity contribution in [3.8, 4) is 0 Å². The summed E-state index contributed by atoms with van der Waals surface area (Å²) in [6.07, 6.45) is 2.61. The first-order valence-corrected chi connectivity index (χ1v) is 9.37. The van der Waals surface area contributed by atoms with E-state index in [1.807, 2.05) is 12.1 Å². The molecule has 1 aromatic heterocycles. The molecule has 0 saturated carbocycles. The molecule has 0 aliphatic carbocycles. The average Bonchev–Trinajstić information content (AvgIpc) is 2.95. The molecule has 0 saturated heterocycles. The number of carbonyl (C=O) groups is 1. The van der Waals surface area contributed by atoms with Gasteiger partial charge in [0, 0.05) is 35.8 Å². The maximum Gasteiger partial charge on any atom is 0.224 e. The fourth-order valence-corrected chi connectivity index (χ4v) is 3.49. The fourth-order valence-electron chi connectivity index (χ4n) is 3.49. The number of aromatic nitrogens is 1. The lowest BCUT2D eigenvalue weighted by atomic mass is 9.92. The maximum atomic E-state index is 12.4. The van der Waals surface area contributed by atoms with E-state index < -0.39 is 0 Å². The summed E-state index contributed by atoms with van der Waals surface area (Å²) in [7, 11) is 5.78. The lowest BCUT2D eigenvalue weighted by Gasteiger charge is -2.19. The number of hydrogen-bond acceptors (Lipinski definition) is 1. The van der Waals surface area contributed by atoms with Gasteiger partial charge in [-0.15, -0.1) is 0 Å². The summed E-state index contributed by atoms with van der Waals surface area (Å²) in [5.74, 6) is 0.0642. The largest absolute Gasteiger partial charge is 0.343 e. The molecule has 138 valence electrons. The van der Waals surface area contributed by atoms with Gasteiger partial charge in [-0.1, -0.05) is 50.5 Å². The second-order valence-electron chi connectivity index (χ2n) is 8.60. The molecule has 0 fully saturated rings. The molecular formula is C23H27BN2O. The van der Waals surface area contributed by atoms with Crippen LogP contribution >= 0.6 is 0 Å². The molecule has 0 bridgehead atoms. The van der Waals surface area contributed by atoms with E-state index in [0.717, 1.165) is 28.8 Å². The van der Waals surface area contributed by atoms with Gasteiger partial charge < -0.3 is 9.88 Å². The number of carbonyl (C=O) groups excluding carboxylic acids is 1. The van der Waals surface area contributed by atoms with E-state index in [2.05, 4.69) is 75.0 Å². The minimum Gasteiger partial charge on any atom is -0.343 e. The van der Waals surface area contributed by atoms with Crippen molar-refractivity contribution in [1.82, 2.24) is 4.57 Å². The van der Waals surface area contributed by atoms with Crippen LogP contribution in [0.5, 0.6) is 0 Å². The zero-order valence-corrected chi connectivity index (χ0v) is 16.9. The van der Waals surface area contributed by atoms with Crippen molar-refractivity contribution < 1.29 is 4.79 Å². The lowest BCUT2D eigenvalue weighted by Crippen LogP contribution is -2.20. The van der Waals surface area contributed by atoms with Gasteiger partial charge in [0.25, 0.3) is 0 Å². The normalized spacial score (nSPS) is 11.7. The smallest absolute Gasteiger partial charge is 0.224 e. The highest BCUT2D eigenvalue weighted by Crippen LogP contribution is 2.31. The summed E-state index contributed by atoms with van der Waals surface area (Å²) in [5.41, 5.74) is 6.26. The molecule has 1 heterocycles. The van der Waals surface area contributed by atoms with E-state index in [4.69, 9.17) is 7.85 Å². The molecule has 0 aliphatic heterocycles. The van der Waals surface area contributed by atoms with E-state index in [-0.39, 0.29) is 11.3 Å². The number of nitrogens with zero attached hydrogens (tertiary/aromatic N) is 1. The number of benzene rings is 2. The van der Waals surface area contributed by atoms with E-state index in [1.165, 1.54) is 16.5 Å². The highest BCUT2D eigenvalue weighted by atomic mass is 16.1. The lowest BCUT2D eigenvalue weighted by molar-refractivity contribution is -0.117. The Labute approximate surface area is 163 Å². The van der Waals surface area contributed by atoms with Crippen LogP contribution in [0.3, 0.4) is 0 Å². The first-order chi connectivity index (χ1) is 12.6. The van der Waals surface area contributed by atoms with Gasteiger partial charge in [0.15, 0.2) is 0 Å².